The van der Waals surface area contributed by atoms with E-state index in [1.807, 2.05) is 0 Å². The number of nitrogens with zero attached hydrogens (tertiary/aromatic N) is 4. The zero-order valence-electron chi connectivity index (χ0n) is 14.2. The standard InChI is InChI=1S/C18H14F2N4O2S/c1-25-12-8-6-11(7-9-12)16-23-22-15(26-16)10-27-18-21-13-4-2-3-5-14(13)24(18)17(19)20/h2-9,17H,10H2,1H3. The van der Waals surface area contributed by atoms with E-state index in [1.54, 1.807) is 55.6 Å². The van der Waals surface area contributed by atoms with Crippen molar-refractivity contribution in [2.45, 2.75) is 17.5 Å². The Morgan fingerprint density at radius 1 is 1.11 bits per heavy atom. The number of imidazole rings is 1. The first kappa shape index (κ1) is 17.5. The van der Waals surface area contributed by atoms with Gasteiger partial charge in [0.15, 0.2) is 5.16 Å². The third kappa shape index (κ3) is 3.50. The number of rotatable bonds is 6. The topological polar surface area (TPSA) is 66.0 Å². The summed E-state index contributed by atoms with van der Waals surface area (Å²) in [5, 5.41) is 8.20. The van der Waals surface area contributed by atoms with Gasteiger partial charge < -0.3 is 9.15 Å². The summed E-state index contributed by atoms with van der Waals surface area (Å²) in [6.45, 7) is -2.68. The summed E-state index contributed by atoms with van der Waals surface area (Å²) in [6, 6.07) is 14.0. The predicted molar refractivity (Wildman–Crippen MR) is 96.8 cm³/mol. The van der Waals surface area contributed by atoms with Gasteiger partial charge in [0.2, 0.25) is 11.8 Å². The molecule has 2 aromatic carbocycles. The molecule has 27 heavy (non-hydrogen) atoms. The number of alkyl halides is 2. The average molecular weight is 388 g/mol. The van der Waals surface area contributed by atoms with Gasteiger partial charge in [-0.15, -0.1) is 10.2 Å². The molecule has 0 fully saturated rings. The first-order valence-electron chi connectivity index (χ1n) is 8.00. The first-order valence-corrected chi connectivity index (χ1v) is 8.99. The summed E-state index contributed by atoms with van der Waals surface area (Å²) in [4.78, 5) is 4.28. The van der Waals surface area contributed by atoms with Crippen molar-refractivity contribution in [3.05, 3.63) is 54.4 Å². The molecule has 0 aliphatic heterocycles. The minimum atomic E-state index is -2.68. The summed E-state index contributed by atoms with van der Waals surface area (Å²) >= 11 is 1.12. The van der Waals surface area contributed by atoms with Crippen LogP contribution in [-0.4, -0.2) is 26.9 Å². The van der Waals surface area contributed by atoms with Crippen LogP contribution in [0.2, 0.25) is 0 Å². The molecule has 6 nitrogen and oxygen atoms in total. The van der Waals surface area contributed by atoms with Gasteiger partial charge in [-0.1, -0.05) is 23.9 Å². The van der Waals surface area contributed by atoms with E-state index < -0.39 is 6.55 Å². The lowest BCUT2D eigenvalue weighted by Crippen LogP contribution is -2.00. The number of methoxy groups -OCH3 is 1. The molecule has 0 aliphatic rings. The molecule has 0 saturated heterocycles. The fourth-order valence-electron chi connectivity index (χ4n) is 2.60. The monoisotopic (exact) mass is 388 g/mol. The molecule has 0 unspecified atom stereocenters. The van der Waals surface area contributed by atoms with Crippen molar-refractivity contribution in [1.29, 1.82) is 0 Å². The Kier molecular flexibility index (Phi) is 4.76. The molecule has 0 saturated carbocycles. The molecule has 138 valence electrons. The lowest BCUT2D eigenvalue weighted by atomic mass is 10.2. The molecule has 2 heterocycles. The number of para-hydroxylation sites is 2. The second-order valence-corrected chi connectivity index (χ2v) is 6.49. The van der Waals surface area contributed by atoms with Crippen LogP contribution in [0.3, 0.4) is 0 Å². The number of aromatic nitrogens is 4. The van der Waals surface area contributed by atoms with Gasteiger partial charge in [-0.05, 0) is 36.4 Å². The van der Waals surface area contributed by atoms with Crippen LogP contribution < -0.4 is 4.74 Å². The van der Waals surface area contributed by atoms with Crippen LogP contribution in [-0.2, 0) is 5.75 Å². The molecule has 0 radical (unpaired) electrons. The van der Waals surface area contributed by atoms with Gasteiger partial charge >= 0.3 is 6.55 Å². The van der Waals surface area contributed by atoms with Crippen LogP contribution in [0.1, 0.15) is 12.4 Å². The molecular weight excluding hydrogens is 374 g/mol. The highest BCUT2D eigenvalue weighted by Crippen LogP contribution is 2.31. The van der Waals surface area contributed by atoms with Crippen LogP contribution in [0.5, 0.6) is 5.75 Å². The van der Waals surface area contributed by atoms with Gasteiger partial charge in [-0.3, -0.25) is 4.57 Å². The smallest absolute Gasteiger partial charge is 0.321 e. The van der Waals surface area contributed by atoms with E-state index >= 15 is 0 Å². The third-order valence-electron chi connectivity index (χ3n) is 3.89. The molecule has 0 aliphatic carbocycles. The second-order valence-electron chi connectivity index (χ2n) is 5.55. The largest absolute Gasteiger partial charge is 0.497 e. The summed E-state index contributed by atoms with van der Waals surface area (Å²) in [5.41, 5.74) is 1.66. The number of hydrogen-bond acceptors (Lipinski definition) is 6. The average Bonchev–Trinajstić information content (AvgIpc) is 3.30. The van der Waals surface area contributed by atoms with Gasteiger partial charge in [-0.25, -0.2) is 4.98 Å². The maximum Gasteiger partial charge on any atom is 0.321 e. The summed E-state index contributed by atoms with van der Waals surface area (Å²) < 4.78 is 38.6. The normalized spacial score (nSPS) is 11.4. The quantitative estimate of drug-likeness (QED) is 0.443. The molecule has 0 N–H and O–H groups in total. The van der Waals surface area contributed by atoms with Crippen LogP contribution >= 0.6 is 11.8 Å². The molecule has 9 heteroatoms. The van der Waals surface area contributed by atoms with Crippen LogP contribution in [0.4, 0.5) is 8.78 Å². The van der Waals surface area contributed by atoms with E-state index in [0.717, 1.165) is 27.6 Å². The highest BCUT2D eigenvalue weighted by atomic mass is 32.2. The number of thioether (sulfide) groups is 1. The van der Waals surface area contributed by atoms with E-state index in [4.69, 9.17) is 9.15 Å². The van der Waals surface area contributed by atoms with Crippen molar-refractivity contribution < 1.29 is 17.9 Å². The summed E-state index contributed by atoms with van der Waals surface area (Å²) in [7, 11) is 1.59. The molecular formula is C18H14F2N4O2S. The molecule has 2 aromatic heterocycles. The molecule has 0 atom stereocenters. The first-order chi connectivity index (χ1) is 13.2. The molecule has 0 bridgehead atoms. The highest BCUT2D eigenvalue weighted by molar-refractivity contribution is 7.98. The Morgan fingerprint density at radius 3 is 2.63 bits per heavy atom. The second kappa shape index (κ2) is 7.36. The number of fused-ring (bicyclic) bond motifs is 1. The lowest BCUT2D eigenvalue weighted by molar-refractivity contribution is 0.0656. The maximum atomic E-state index is 13.5. The number of benzene rings is 2. The number of halogens is 2. The van der Waals surface area contributed by atoms with Crippen LogP contribution in [0, 0.1) is 0 Å². The minimum Gasteiger partial charge on any atom is -0.497 e. The van der Waals surface area contributed by atoms with Crippen molar-refractivity contribution in [3.63, 3.8) is 0 Å². The maximum absolute atomic E-state index is 13.5. The fourth-order valence-corrected chi connectivity index (χ4v) is 3.45. The van der Waals surface area contributed by atoms with Gasteiger partial charge in [0.05, 0.1) is 23.9 Å². The zero-order valence-corrected chi connectivity index (χ0v) is 15.0. The van der Waals surface area contributed by atoms with Crippen molar-refractivity contribution in [3.8, 4) is 17.2 Å². The van der Waals surface area contributed by atoms with Gasteiger partial charge in [0, 0.05) is 5.56 Å². The third-order valence-corrected chi connectivity index (χ3v) is 4.82. The van der Waals surface area contributed by atoms with Crippen molar-refractivity contribution in [2.24, 2.45) is 0 Å². The van der Waals surface area contributed by atoms with Gasteiger partial charge in [-0.2, -0.15) is 8.78 Å². The summed E-state index contributed by atoms with van der Waals surface area (Å²) in [5.74, 6) is 1.65. The Morgan fingerprint density at radius 2 is 1.89 bits per heavy atom. The fraction of sp³-hybridized carbons (Fsp3) is 0.167. The van der Waals surface area contributed by atoms with E-state index in [-0.39, 0.29) is 10.9 Å². The van der Waals surface area contributed by atoms with E-state index in [2.05, 4.69) is 15.2 Å². The molecule has 4 rings (SSSR count). The van der Waals surface area contributed by atoms with Crippen LogP contribution in [0.15, 0.2) is 58.1 Å². The van der Waals surface area contributed by atoms with Crippen molar-refractivity contribution >= 4 is 22.8 Å². The molecule has 0 spiro atoms. The number of hydrogen-bond donors (Lipinski definition) is 0. The Labute approximate surface area is 157 Å². The zero-order chi connectivity index (χ0) is 18.8. The Bertz CT molecular complexity index is 1060. The predicted octanol–water partition coefficient (Wildman–Crippen LogP) is 4.78. The van der Waals surface area contributed by atoms with E-state index in [9.17, 15) is 8.78 Å². The molecule has 0 amide bonds. The van der Waals surface area contributed by atoms with Crippen molar-refractivity contribution in [1.82, 2.24) is 19.7 Å². The summed E-state index contributed by atoms with van der Waals surface area (Å²) in [6.07, 6.45) is 0. The SMILES string of the molecule is COc1ccc(-c2nnc(CSc3nc4ccccc4n3C(F)F)o2)cc1. The van der Waals surface area contributed by atoms with Gasteiger partial charge in [0.25, 0.3) is 0 Å². The lowest BCUT2D eigenvalue weighted by Gasteiger charge is -2.05. The van der Waals surface area contributed by atoms with Gasteiger partial charge in [0.1, 0.15) is 5.75 Å². The Hall–Kier alpha value is -2.94. The number of ether oxygens (including phenoxy) is 1. The van der Waals surface area contributed by atoms with Crippen LogP contribution in [0.25, 0.3) is 22.5 Å². The minimum absolute atomic E-state index is 0.204. The molecule has 4 aromatic rings. The Balaban J connectivity index is 1.53. The van der Waals surface area contributed by atoms with Crippen molar-refractivity contribution in [2.75, 3.05) is 7.11 Å². The van der Waals surface area contributed by atoms with E-state index in [0.29, 0.717) is 22.8 Å². The highest BCUT2D eigenvalue weighted by Gasteiger charge is 2.19. The van der Waals surface area contributed by atoms with E-state index in [1.165, 1.54) is 0 Å².